The summed E-state index contributed by atoms with van der Waals surface area (Å²) in [5, 5.41) is 6.83. The smallest absolute Gasteiger partial charge is 0.125 e. The molecule has 0 spiro atoms. The van der Waals surface area contributed by atoms with E-state index in [-0.39, 0.29) is 11.6 Å². The lowest BCUT2D eigenvalue weighted by Gasteiger charge is -2.26. The lowest BCUT2D eigenvalue weighted by atomic mass is 9.97. The van der Waals surface area contributed by atoms with Crippen molar-refractivity contribution in [3.63, 3.8) is 0 Å². The number of aromatic nitrogens is 1. The molecule has 2 aromatic heterocycles. The number of hydrogen-bond donors (Lipinski definition) is 0. The first-order chi connectivity index (χ1) is 28.9. The van der Waals surface area contributed by atoms with Gasteiger partial charge in [-0.05, 0) is 150 Å². The topological polar surface area (TPSA) is 10.9 Å². The molecule has 11 aromatic rings. The van der Waals surface area contributed by atoms with E-state index in [1.807, 2.05) is 30.3 Å². The molecule has 0 atom stereocenters. The van der Waals surface area contributed by atoms with Gasteiger partial charge in [0, 0.05) is 55.7 Å². The molecule has 0 radical (unpaired) electrons. The number of rotatable bonds is 7. The highest BCUT2D eigenvalue weighted by atomic mass is 19.1. The summed E-state index contributed by atoms with van der Waals surface area (Å²) >= 11 is 0. The fraction of sp³-hybridized carbons (Fsp3) is 0.0370. The quantitative estimate of drug-likeness (QED) is 0.160. The first kappa shape index (κ1) is 34.7. The minimum absolute atomic E-state index is 0.286. The van der Waals surface area contributed by atoms with Crippen LogP contribution in [0, 0.1) is 25.5 Å². The Hall–Kier alpha value is -7.50. The number of anilines is 6. The Morgan fingerprint density at radius 1 is 0.373 bits per heavy atom. The fourth-order valence-corrected chi connectivity index (χ4v) is 9.06. The van der Waals surface area contributed by atoms with Crippen LogP contribution in [0.5, 0.6) is 0 Å². The Labute approximate surface area is 340 Å². The van der Waals surface area contributed by atoms with Crippen molar-refractivity contribution in [1.29, 1.82) is 0 Å². The molecular weight excluding hydrogens is 729 g/mol. The standard InChI is InChI=1S/C54H37F2N3/c1-34-10-6-16-41(26-34)57(43-18-8-14-39(55)30-43)45-22-20-38-29-49-47-24-23-46(58(42-17-7-11-35(2)27-42)44-19-9-15-40(56)31-44)33-52(47)59-51-25-21-37(36-12-4-3-5-13-36)28-50(51)53(54(49)59)48(38)32-45/h3-33H,1-2H3. The van der Waals surface area contributed by atoms with E-state index in [1.165, 1.54) is 12.1 Å². The molecule has 59 heavy (non-hydrogen) atoms. The van der Waals surface area contributed by atoms with Gasteiger partial charge in [-0.2, -0.15) is 0 Å². The molecule has 0 saturated heterocycles. The monoisotopic (exact) mass is 765 g/mol. The number of nitrogens with zero attached hydrogens (tertiary/aromatic N) is 3. The average molecular weight is 766 g/mol. The summed E-state index contributed by atoms with van der Waals surface area (Å²) in [6.45, 7) is 4.15. The van der Waals surface area contributed by atoms with Gasteiger partial charge in [-0.1, -0.05) is 84.9 Å². The summed E-state index contributed by atoms with van der Waals surface area (Å²) in [6.07, 6.45) is 0. The van der Waals surface area contributed by atoms with Crippen molar-refractivity contribution in [1.82, 2.24) is 4.40 Å². The number of fused-ring (bicyclic) bond motifs is 8. The van der Waals surface area contributed by atoms with Crippen LogP contribution in [0.15, 0.2) is 188 Å². The first-order valence-corrected chi connectivity index (χ1v) is 19.9. The van der Waals surface area contributed by atoms with E-state index in [1.54, 1.807) is 24.3 Å². The lowest BCUT2D eigenvalue weighted by Crippen LogP contribution is -2.10. The number of halogens is 2. The maximum absolute atomic E-state index is 14.9. The number of benzene rings is 9. The first-order valence-electron chi connectivity index (χ1n) is 19.9. The van der Waals surface area contributed by atoms with Crippen molar-refractivity contribution in [3.8, 4) is 11.1 Å². The lowest BCUT2D eigenvalue weighted by molar-refractivity contribution is 0.627. The molecule has 0 aliphatic rings. The van der Waals surface area contributed by atoms with Gasteiger partial charge in [-0.15, -0.1) is 0 Å². The Morgan fingerprint density at radius 2 is 0.949 bits per heavy atom. The molecule has 11 rings (SSSR count). The summed E-state index contributed by atoms with van der Waals surface area (Å²) in [7, 11) is 0. The van der Waals surface area contributed by atoms with Gasteiger partial charge in [0.15, 0.2) is 0 Å². The highest BCUT2D eigenvalue weighted by molar-refractivity contribution is 6.32. The van der Waals surface area contributed by atoms with E-state index in [0.29, 0.717) is 0 Å². The molecule has 0 aliphatic carbocycles. The molecule has 2 heterocycles. The molecule has 0 fully saturated rings. The van der Waals surface area contributed by atoms with Crippen molar-refractivity contribution >= 4 is 83.0 Å². The van der Waals surface area contributed by atoms with Crippen LogP contribution in [0.2, 0.25) is 0 Å². The zero-order chi connectivity index (χ0) is 39.8. The normalized spacial score (nSPS) is 11.7. The zero-order valence-electron chi connectivity index (χ0n) is 32.5. The second kappa shape index (κ2) is 13.6. The molecule has 0 aliphatic heterocycles. The number of hydrogen-bond acceptors (Lipinski definition) is 2. The SMILES string of the molecule is Cc1cccc(N(c2cccc(F)c2)c2ccc3cc4c5ccc(N(c6cccc(C)c6)c6cccc(F)c6)cc5n5c6ccc(-c7ccccc7)cc6c(c3c2)c45)c1. The molecule has 9 aromatic carbocycles. The van der Waals surface area contributed by atoms with E-state index in [0.717, 1.165) is 105 Å². The Morgan fingerprint density at radius 3 is 1.58 bits per heavy atom. The van der Waals surface area contributed by atoms with Gasteiger partial charge in [0.1, 0.15) is 11.6 Å². The molecule has 3 nitrogen and oxygen atoms in total. The molecular formula is C54H37F2N3. The van der Waals surface area contributed by atoms with Gasteiger partial charge in [0.05, 0.1) is 16.6 Å². The van der Waals surface area contributed by atoms with Crippen LogP contribution in [-0.2, 0) is 0 Å². The van der Waals surface area contributed by atoms with Gasteiger partial charge < -0.3 is 14.2 Å². The molecule has 0 amide bonds. The van der Waals surface area contributed by atoms with Gasteiger partial charge >= 0.3 is 0 Å². The summed E-state index contributed by atoms with van der Waals surface area (Å²) in [4.78, 5) is 4.27. The van der Waals surface area contributed by atoms with Crippen LogP contribution in [0.4, 0.5) is 42.9 Å². The number of aryl methyl sites for hydroxylation is 2. The van der Waals surface area contributed by atoms with E-state index >= 15 is 0 Å². The Bertz CT molecular complexity index is 3310. The van der Waals surface area contributed by atoms with Crippen molar-refractivity contribution < 1.29 is 8.78 Å². The molecule has 0 saturated carbocycles. The van der Waals surface area contributed by atoms with Gasteiger partial charge in [-0.25, -0.2) is 8.78 Å². The van der Waals surface area contributed by atoms with Crippen LogP contribution in [0.1, 0.15) is 11.1 Å². The Kier molecular flexibility index (Phi) is 7.99. The summed E-state index contributed by atoms with van der Waals surface area (Å²) in [5.41, 5.74) is 13.1. The predicted octanol–water partition coefficient (Wildman–Crippen LogP) is 15.5. The molecule has 282 valence electrons. The predicted molar refractivity (Wildman–Crippen MR) is 243 cm³/mol. The molecule has 0 unspecified atom stereocenters. The highest BCUT2D eigenvalue weighted by Gasteiger charge is 2.24. The van der Waals surface area contributed by atoms with Crippen molar-refractivity contribution in [2.24, 2.45) is 0 Å². The van der Waals surface area contributed by atoms with Crippen LogP contribution in [-0.4, -0.2) is 4.40 Å². The van der Waals surface area contributed by atoms with E-state index in [4.69, 9.17) is 0 Å². The maximum atomic E-state index is 14.9. The minimum atomic E-state index is -0.287. The largest absolute Gasteiger partial charge is 0.310 e. The second-order valence-electron chi connectivity index (χ2n) is 15.5. The highest BCUT2D eigenvalue weighted by Crippen LogP contribution is 2.47. The van der Waals surface area contributed by atoms with Gasteiger partial charge in [-0.3, -0.25) is 0 Å². The molecule has 5 heteroatoms. The van der Waals surface area contributed by atoms with Crippen molar-refractivity contribution in [2.75, 3.05) is 9.80 Å². The van der Waals surface area contributed by atoms with Crippen LogP contribution < -0.4 is 9.80 Å². The van der Waals surface area contributed by atoms with Crippen LogP contribution in [0.3, 0.4) is 0 Å². The van der Waals surface area contributed by atoms with Crippen molar-refractivity contribution in [3.05, 3.63) is 211 Å². The van der Waals surface area contributed by atoms with Gasteiger partial charge in [0.25, 0.3) is 0 Å². The van der Waals surface area contributed by atoms with E-state index < -0.39 is 0 Å². The second-order valence-corrected chi connectivity index (χ2v) is 15.5. The summed E-state index contributed by atoms with van der Waals surface area (Å²) < 4.78 is 32.2. The summed E-state index contributed by atoms with van der Waals surface area (Å²) in [5.74, 6) is -0.573. The van der Waals surface area contributed by atoms with Gasteiger partial charge in [0.2, 0.25) is 0 Å². The van der Waals surface area contributed by atoms with Crippen LogP contribution >= 0.6 is 0 Å². The third-order valence-corrected chi connectivity index (χ3v) is 11.6. The summed E-state index contributed by atoms with van der Waals surface area (Å²) in [6, 6.07) is 63.0. The van der Waals surface area contributed by atoms with Crippen molar-refractivity contribution in [2.45, 2.75) is 13.8 Å². The average Bonchev–Trinajstić information content (AvgIpc) is 3.75. The van der Waals surface area contributed by atoms with E-state index in [9.17, 15) is 8.78 Å². The zero-order valence-corrected chi connectivity index (χ0v) is 32.5. The molecule has 0 N–H and O–H groups in total. The third-order valence-electron chi connectivity index (χ3n) is 11.6. The maximum Gasteiger partial charge on any atom is 0.125 e. The minimum Gasteiger partial charge on any atom is -0.310 e. The third kappa shape index (κ3) is 5.77. The van der Waals surface area contributed by atoms with E-state index in [2.05, 4.69) is 149 Å². The molecule has 0 bridgehead atoms. The van der Waals surface area contributed by atoms with Crippen LogP contribution in [0.25, 0.3) is 60.0 Å². The fourth-order valence-electron chi connectivity index (χ4n) is 9.06. The Balaban J connectivity index is 1.22.